The first-order valence-corrected chi connectivity index (χ1v) is 14.9. The van der Waals surface area contributed by atoms with Crippen LogP contribution in [0.25, 0.3) is 0 Å². The molecule has 0 radical (unpaired) electrons. The van der Waals surface area contributed by atoms with Crippen molar-refractivity contribution >= 4 is 29.3 Å². The molecule has 1 unspecified atom stereocenters. The van der Waals surface area contributed by atoms with Gasteiger partial charge >= 0.3 is 0 Å². The van der Waals surface area contributed by atoms with Crippen LogP contribution >= 0.6 is 11.8 Å². The maximum Gasteiger partial charge on any atom is 0.255 e. The highest BCUT2D eigenvalue weighted by Crippen LogP contribution is 2.37. The van der Waals surface area contributed by atoms with Crippen molar-refractivity contribution in [1.82, 2.24) is 14.8 Å². The predicted molar refractivity (Wildman–Crippen MR) is 167 cm³/mol. The highest BCUT2D eigenvalue weighted by molar-refractivity contribution is 7.99. The maximum atomic E-state index is 13.9. The summed E-state index contributed by atoms with van der Waals surface area (Å²) in [6.45, 7) is 14.9. The summed E-state index contributed by atoms with van der Waals surface area (Å²) >= 11 is 1.57. The SMILES string of the molecule is CCSc1nc2n(n1)C(c1ccc(OCc3cc(C)c(C)cc3C)cc1)C(C(=O)Nc1cccc(C)c1C)=C(C)N2. The van der Waals surface area contributed by atoms with Gasteiger partial charge in [0, 0.05) is 11.4 Å². The number of aryl methyl sites for hydroxylation is 4. The van der Waals surface area contributed by atoms with E-state index in [1.165, 1.54) is 22.3 Å². The van der Waals surface area contributed by atoms with Gasteiger partial charge in [-0.25, -0.2) is 4.68 Å². The van der Waals surface area contributed by atoms with Gasteiger partial charge in [-0.2, -0.15) is 4.98 Å². The number of anilines is 2. The molecular weight excluding hydrogens is 530 g/mol. The Morgan fingerprint density at radius 3 is 2.44 bits per heavy atom. The van der Waals surface area contributed by atoms with Gasteiger partial charge in [-0.1, -0.05) is 55.1 Å². The summed E-state index contributed by atoms with van der Waals surface area (Å²) in [4.78, 5) is 18.6. The Labute approximate surface area is 246 Å². The van der Waals surface area contributed by atoms with Gasteiger partial charge in [-0.15, -0.1) is 5.10 Å². The van der Waals surface area contributed by atoms with Crippen LogP contribution in [-0.4, -0.2) is 26.4 Å². The van der Waals surface area contributed by atoms with E-state index in [4.69, 9.17) is 9.84 Å². The third-order valence-electron chi connectivity index (χ3n) is 7.75. The minimum atomic E-state index is -0.453. The van der Waals surface area contributed by atoms with Gasteiger partial charge in [-0.05, 0) is 104 Å². The van der Waals surface area contributed by atoms with E-state index in [0.29, 0.717) is 23.3 Å². The van der Waals surface area contributed by atoms with E-state index >= 15 is 0 Å². The fraction of sp³-hybridized carbons (Fsp3) is 0.303. The van der Waals surface area contributed by atoms with Crippen molar-refractivity contribution in [3.05, 3.63) is 105 Å². The lowest BCUT2D eigenvalue weighted by molar-refractivity contribution is -0.113. The average molecular weight is 568 g/mol. The lowest BCUT2D eigenvalue weighted by Gasteiger charge is -2.29. The molecule has 1 aliphatic heterocycles. The number of allylic oxidation sites excluding steroid dienone is 1. The number of ether oxygens (including phenoxy) is 1. The van der Waals surface area contributed by atoms with Crippen LogP contribution in [0.1, 0.15) is 58.8 Å². The summed E-state index contributed by atoms with van der Waals surface area (Å²) in [5.74, 6) is 2.07. The van der Waals surface area contributed by atoms with E-state index in [9.17, 15) is 4.79 Å². The molecular formula is C33H37N5O2S. The van der Waals surface area contributed by atoms with Crippen molar-refractivity contribution in [1.29, 1.82) is 0 Å². The van der Waals surface area contributed by atoms with Gasteiger partial charge < -0.3 is 15.4 Å². The Hall–Kier alpha value is -4.04. The molecule has 2 heterocycles. The summed E-state index contributed by atoms with van der Waals surface area (Å²) < 4.78 is 7.99. The molecule has 7 nitrogen and oxygen atoms in total. The summed E-state index contributed by atoms with van der Waals surface area (Å²) in [5.41, 5.74) is 10.2. The number of amides is 1. The Morgan fingerprint density at radius 1 is 0.976 bits per heavy atom. The second-order valence-electron chi connectivity index (χ2n) is 10.6. The Kier molecular flexibility index (Phi) is 8.22. The summed E-state index contributed by atoms with van der Waals surface area (Å²) in [7, 11) is 0. The van der Waals surface area contributed by atoms with Gasteiger partial charge in [-0.3, -0.25) is 4.79 Å². The minimum Gasteiger partial charge on any atom is -0.489 e. The molecule has 41 heavy (non-hydrogen) atoms. The smallest absolute Gasteiger partial charge is 0.255 e. The van der Waals surface area contributed by atoms with Crippen LogP contribution in [0, 0.1) is 34.6 Å². The molecule has 1 atom stereocenters. The molecule has 0 aliphatic carbocycles. The second kappa shape index (κ2) is 11.8. The minimum absolute atomic E-state index is 0.176. The standard InChI is InChI=1S/C33H37N5O2S/c1-8-41-33-36-32-34-24(7)29(31(39)35-28-11-9-10-19(2)23(28)6)30(38(32)37-33)25-12-14-27(15-13-25)40-18-26-17-21(4)20(3)16-22(26)5/h9-17,30H,8,18H2,1-7H3,(H,35,39)(H,34,36,37). The largest absolute Gasteiger partial charge is 0.489 e. The van der Waals surface area contributed by atoms with E-state index in [1.807, 2.05) is 67.9 Å². The van der Waals surface area contributed by atoms with Gasteiger partial charge in [0.05, 0.1) is 5.57 Å². The normalized spacial score (nSPS) is 14.5. The monoisotopic (exact) mass is 567 g/mol. The number of aromatic nitrogens is 3. The molecule has 1 aliphatic rings. The number of hydrogen-bond donors (Lipinski definition) is 2. The number of carbonyl (C=O) groups is 1. The summed E-state index contributed by atoms with van der Waals surface area (Å²) in [6, 6.07) is 17.8. The van der Waals surface area contributed by atoms with E-state index in [0.717, 1.165) is 39.6 Å². The molecule has 4 aromatic rings. The van der Waals surface area contributed by atoms with E-state index in [2.05, 4.69) is 55.4 Å². The Balaban J connectivity index is 1.46. The van der Waals surface area contributed by atoms with Crippen LogP contribution < -0.4 is 15.4 Å². The fourth-order valence-corrected chi connectivity index (χ4v) is 5.64. The van der Waals surface area contributed by atoms with Gasteiger partial charge in [0.1, 0.15) is 18.4 Å². The highest BCUT2D eigenvalue weighted by atomic mass is 32.2. The molecule has 8 heteroatoms. The molecule has 0 saturated heterocycles. The fourth-order valence-electron chi connectivity index (χ4n) is 5.08. The van der Waals surface area contributed by atoms with Crippen molar-refractivity contribution in [3.63, 3.8) is 0 Å². The molecule has 1 amide bonds. The van der Waals surface area contributed by atoms with Gasteiger partial charge in [0.25, 0.3) is 5.91 Å². The predicted octanol–water partition coefficient (Wildman–Crippen LogP) is 7.44. The Bertz CT molecular complexity index is 1640. The van der Waals surface area contributed by atoms with E-state index in [-0.39, 0.29) is 5.91 Å². The highest BCUT2D eigenvalue weighted by Gasteiger charge is 2.34. The van der Waals surface area contributed by atoms with Crippen molar-refractivity contribution in [3.8, 4) is 5.75 Å². The quantitative estimate of drug-likeness (QED) is 0.215. The zero-order valence-corrected chi connectivity index (χ0v) is 25.6. The van der Waals surface area contributed by atoms with E-state index in [1.54, 1.807) is 11.8 Å². The average Bonchev–Trinajstić information content (AvgIpc) is 3.34. The number of nitrogens with zero attached hydrogens (tertiary/aromatic N) is 3. The number of benzene rings is 3. The first-order valence-electron chi connectivity index (χ1n) is 13.9. The summed E-state index contributed by atoms with van der Waals surface area (Å²) in [6.07, 6.45) is 0. The molecule has 0 fully saturated rings. The molecule has 212 valence electrons. The zero-order chi connectivity index (χ0) is 29.3. The molecule has 0 bridgehead atoms. The topological polar surface area (TPSA) is 81.1 Å². The lowest BCUT2D eigenvalue weighted by atomic mass is 9.94. The van der Waals surface area contributed by atoms with Crippen LogP contribution in [0.5, 0.6) is 5.75 Å². The lowest BCUT2D eigenvalue weighted by Crippen LogP contribution is -2.31. The van der Waals surface area contributed by atoms with Gasteiger partial charge in [0.15, 0.2) is 0 Å². The molecule has 5 rings (SSSR count). The van der Waals surface area contributed by atoms with Crippen LogP contribution in [-0.2, 0) is 11.4 Å². The Morgan fingerprint density at radius 2 is 1.71 bits per heavy atom. The van der Waals surface area contributed by atoms with Crippen molar-refractivity contribution in [2.45, 2.75) is 66.3 Å². The van der Waals surface area contributed by atoms with Crippen molar-refractivity contribution < 1.29 is 9.53 Å². The van der Waals surface area contributed by atoms with Crippen molar-refractivity contribution in [2.75, 3.05) is 16.4 Å². The first kappa shape index (κ1) is 28.5. The molecule has 2 N–H and O–H groups in total. The third kappa shape index (κ3) is 5.88. The van der Waals surface area contributed by atoms with Gasteiger partial charge in [0.2, 0.25) is 11.1 Å². The number of nitrogens with one attached hydrogen (secondary N) is 2. The number of carbonyl (C=O) groups excluding carboxylic acids is 1. The first-order chi connectivity index (χ1) is 19.7. The number of thioether (sulfide) groups is 1. The van der Waals surface area contributed by atoms with Crippen LogP contribution in [0.15, 0.2) is 71.0 Å². The number of hydrogen-bond acceptors (Lipinski definition) is 6. The molecule has 0 spiro atoms. The molecule has 0 saturated carbocycles. The van der Waals surface area contributed by atoms with Crippen LogP contribution in [0.4, 0.5) is 11.6 Å². The third-order valence-corrected chi connectivity index (χ3v) is 8.47. The maximum absolute atomic E-state index is 13.9. The zero-order valence-electron chi connectivity index (χ0n) is 24.8. The second-order valence-corrected chi connectivity index (χ2v) is 11.8. The number of rotatable bonds is 8. The summed E-state index contributed by atoms with van der Waals surface area (Å²) in [5, 5.41) is 11.9. The number of fused-ring (bicyclic) bond motifs is 1. The van der Waals surface area contributed by atoms with Crippen LogP contribution in [0.3, 0.4) is 0 Å². The van der Waals surface area contributed by atoms with Crippen LogP contribution in [0.2, 0.25) is 0 Å². The van der Waals surface area contributed by atoms with E-state index < -0.39 is 6.04 Å². The molecule has 3 aromatic carbocycles. The molecule has 1 aromatic heterocycles. The van der Waals surface area contributed by atoms with Crippen molar-refractivity contribution in [2.24, 2.45) is 0 Å².